The first-order chi connectivity index (χ1) is 11.5. The zero-order valence-corrected chi connectivity index (χ0v) is 15.3. The third-order valence-electron chi connectivity index (χ3n) is 5.67. The maximum Gasteiger partial charge on any atom is 0.229 e. The first-order valence-electron chi connectivity index (χ1n) is 9.10. The fourth-order valence-electron chi connectivity index (χ4n) is 4.33. The van der Waals surface area contributed by atoms with Gasteiger partial charge in [-0.3, -0.25) is 9.69 Å². The Morgan fingerprint density at radius 2 is 1.67 bits per heavy atom. The molecule has 0 saturated carbocycles. The van der Waals surface area contributed by atoms with Gasteiger partial charge in [-0.25, -0.2) is 0 Å². The maximum absolute atomic E-state index is 12.8. The van der Waals surface area contributed by atoms with E-state index in [1.807, 2.05) is 4.90 Å². The van der Waals surface area contributed by atoms with Crippen LogP contribution >= 0.6 is 0 Å². The van der Waals surface area contributed by atoms with E-state index in [-0.39, 0.29) is 5.41 Å². The van der Waals surface area contributed by atoms with Crippen LogP contribution in [0.25, 0.3) is 0 Å². The van der Waals surface area contributed by atoms with Crippen molar-refractivity contribution in [2.75, 3.05) is 39.9 Å². The molecule has 0 bridgehead atoms. The van der Waals surface area contributed by atoms with Gasteiger partial charge in [0.25, 0.3) is 0 Å². The Labute approximate surface area is 145 Å². The van der Waals surface area contributed by atoms with E-state index in [9.17, 15) is 4.79 Å². The number of likely N-dealkylation sites (tertiary alicyclic amines) is 2. The number of piperidine rings is 1. The average Bonchev–Trinajstić information content (AvgIpc) is 2.83. The summed E-state index contributed by atoms with van der Waals surface area (Å²) in [6, 6.07) is 6.79. The molecule has 1 spiro atoms. The molecule has 0 radical (unpaired) electrons. The molecule has 0 atom stereocenters. The van der Waals surface area contributed by atoms with E-state index in [4.69, 9.17) is 4.74 Å². The second kappa shape index (κ2) is 7.24. The fourth-order valence-corrected chi connectivity index (χ4v) is 4.33. The molecule has 0 N–H and O–H groups in total. The van der Waals surface area contributed by atoms with Crippen molar-refractivity contribution < 1.29 is 9.53 Å². The van der Waals surface area contributed by atoms with Crippen LogP contribution in [0.15, 0.2) is 18.2 Å². The van der Waals surface area contributed by atoms with Gasteiger partial charge in [0.2, 0.25) is 5.91 Å². The van der Waals surface area contributed by atoms with E-state index in [0.29, 0.717) is 12.5 Å². The van der Waals surface area contributed by atoms with E-state index >= 15 is 0 Å². The average molecular weight is 330 g/mol. The summed E-state index contributed by atoms with van der Waals surface area (Å²) in [5.74, 6) is 0.366. The number of aryl methyl sites for hydroxylation is 2. The van der Waals surface area contributed by atoms with Crippen LogP contribution in [0.1, 0.15) is 36.0 Å². The third-order valence-corrected chi connectivity index (χ3v) is 5.67. The molecule has 1 aromatic carbocycles. The number of carbonyl (C=O) groups excluding carboxylic acids is 1. The molecule has 4 heteroatoms. The molecule has 132 valence electrons. The molecule has 3 rings (SSSR count). The van der Waals surface area contributed by atoms with Crippen LogP contribution in [-0.4, -0.2) is 55.6 Å². The summed E-state index contributed by atoms with van der Waals surface area (Å²) >= 11 is 0. The van der Waals surface area contributed by atoms with Gasteiger partial charge in [-0.05, 0) is 51.8 Å². The summed E-state index contributed by atoms with van der Waals surface area (Å²) in [7, 11) is 1.70. The molecule has 0 unspecified atom stereocenters. The van der Waals surface area contributed by atoms with Crippen LogP contribution in [0.5, 0.6) is 0 Å². The molecule has 4 nitrogen and oxygen atoms in total. The Bertz CT molecular complexity index is 571. The van der Waals surface area contributed by atoms with Gasteiger partial charge in [-0.1, -0.05) is 29.3 Å². The predicted molar refractivity (Wildman–Crippen MR) is 95.9 cm³/mol. The Hall–Kier alpha value is -1.39. The van der Waals surface area contributed by atoms with E-state index in [2.05, 4.69) is 36.9 Å². The van der Waals surface area contributed by atoms with Gasteiger partial charge in [-0.2, -0.15) is 0 Å². The topological polar surface area (TPSA) is 32.8 Å². The Morgan fingerprint density at radius 3 is 2.29 bits per heavy atom. The monoisotopic (exact) mass is 330 g/mol. The Balaban J connectivity index is 1.57. The van der Waals surface area contributed by atoms with Gasteiger partial charge >= 0.3 is 0 Å². The number of ether oxygens (including phenoxy) is 1. The number of carbonyl (C=O) groups is 1. The molecule has 2 aliphatic heterocycles. The largest absolute Gasteiger partial charge is 0.383 e. The third kappa shape index (κ3) is 3.65. The lowest BCUT2D eigenvalue weighted by atomic mass is 9.77. The number of nitrogens with zero attached hydrogens (tertiary/aromatic N) is 2. The summed E-state index contributed by atoms with van der Waals surface area (Å²) in [4.78, 5) is 17.3. The van der Waals surface area contributed by atoms with Crippen LogP contribution in [0, 0.1) is 19.3 Å². The summed E-state index contributed by atoms with van der Waals surface area (Å²) in [5, 5.41) is 0. The first kappa shape index (κ1) is 17.4. The maximum atomic E-state index is 12.8. The number of rotatable bonds is 5. The van der Waals surface area contributed by atoms with Crippen molar-refractivity contribution in [1.29, 1.82) is 0 Å². The minimum Gasteiger partial charge on any atom is -0.383 e. The second-order valence-corrected chi connectivity index (χ2v) is 7.59. The lowest BCUT2D eigenvalue weighted by Gasteiger charge is -2.38. The molecule has 2 aliphatic rings. The lowest BCUT2D eigenvalue weighted by molar-refractivity contribution is -0.138. The Kier molecular flexibility index (Phi) is 5.26. The SMILES string of the molecule is COCCN1CCC2(CCN(Cc3cc(C)cc(C)c3)CC2)C1=O. The minimum atomic E-state index is -0.0905. The number of hydrogen-bond donors (Lipinski definition) is 0. The number of amides is 1. The van der Waals surface area contributed by atoms with Crippen LogP contribution in [0.4, 0.5) is 0 Å². The zero-order chi connectivity index (χ0) is 17.2. The van der Waals surface area contributed by atoms with E-state index in [1.165, 1.54) is 16.7 Å². The molecule has 0 aromatic heterocycles. The quantitative estimate of drug-likeness (QED) is 0.832. The first-order valence-corrected chi connectivity index (χ1v) is 9.10. The van der Waals surface area contributed by atoms with Crippen molar-refractivity contribution in [3.05, 3.63) is 34.9 Å². The van der Waals surface area contributed by atoms with Crippen molar-refractivity contribution in [3.8, 4) is 0 Å². The highest BCUT2D eigenvalue weighted by atomic mass is 16.5. The highest BCUT2D eigenvalue weighted by Gasteiger charge is 2.47. The van der Waals surface area contributed by atoms with Crippen molar-refractivity contribution in [1.82, 2.24) is 9.80 Å². The van der Waals surface area contributed by atoms with Gasteiger partial charge in [-0.15, -0.1) is 0 Å². The van der Waals surface area contributed by atoms with Gasteiger partial charge < -0.3 is 9.64 Å². The van der Waals surface area contributed by atoms with Gasteiger partial charge in [0.1, 0.15) is 0 Å². The van der Waals surface area contributed by atoms with Crippen LogP contribution in [0.2, 0.25) is 0 Å². The highest BCUT2D eigenvalue weighted by molar-refractivity contribution is 5.85. The Morgan fingerprint density at radius 1 is 1.04 bits per heavy atom. The van der Waals surface area contributed by atoms with E-state index in [0.717, 1.165) is 52.0 Å². The number of methoxy groups -OCH3 is 1. The van der Waals surface area contributed by atoms with Crippen molar-refractivity contribution in [2.45, 2.75) is 39.7 Å². The summed E-state index contributed by atoms with van der Waals surface area (Å²) in [6.07, 6.45) is 3.02. The van der Waals surface area contributed by atoms with Crippen molar-refractivity contribution in [3.63, 3.8) is 0 Å². The molecule has 1 amide bonds. The van der Waals surface area contributed by atoms with Crippen LogP contribution in [0.3, 0.4) is 0 Å². The second-order valence-electron chi connectivity index (χ2n) is 7.59. The molecule has 2 fully saturated rings. The molecule has 2 saturated heterocycles. The van der Waals surface area contributed by atoms with Gasteiger partial charge in [0.15, 0.2) is 0 Å². The van der Waals surface area contributed by atoms with Gasteiger partial charge in [0, 0.05) is 26.7 Å². The van der Waals surface area contributed by atoms with Crippen LogP contribution in [-0.2, 0) is 16.1 Å². The predicted octanol–water partition coefficient (Wildman–Crippen LogP) is 2.76. The molecule has 1 aromatic rings. The summed E-state index contributed by atoms with van der Waals surface area (Å²) in [6.45, 7) is 9.65. The van der Waals surface area contributed by atoms with E-state index < -0.39 is 0 Å². The fraction of sp³-hybridized carbons (Fsp3) is 0.650. The normalized spacial score (nSPS) is 21.0. The molecular formula is C20H30N2O2. The summed E-state index contributed by atoms with van der Waals surface area (Å²) < 4.78 is 5.13. The standard InChI is InChI=1S/C20H30N2O2/c1-16-12-17(2)14-18(13-16)15-21-7-4-20(5-8-21)6-9-22(19(20)23)10-11-24-3/h12-14H,4-11,15H2,1-3H3. The van der Waals surface area contributed by atoms with Crippen molar-refractivity contribution in [2.24, 2.45) is 5.41 Å². The highest BCUT2D eigenvalue weighted by Crippen LogP contribution is 2.41. The zero-order valence-electron chi connectivity index (χ0n) is 15.3. The van der Waals surface area contributed by atoms with Crippen molar-refractivity contribution >= 4 is 5.91 Å². The molecule has 0 aliphatic carbocycles. The molecule has 2 heterocycles. The lowest BCUT2D eigenvalue weighted by Crippen LogP contribution is -2.44. The van der Waals surface area contributed by atoms with Gasteiger partial charge in [0.05, 0.1) is 12.0 Å². The van der Waals surface area contributed by atoms with E-state index in [1.54, 1.807) is 7.11 Å². The smallest absolute Gasteiger partial charge is 0.229 e. The van der Waals surface area contributed by atoms with Crippen LogP contribution < -0.4 is 0 Å². The molecular weight excluding hydrogens is 300 g/mol. The number of benzene rings is 1. The minimum absolute atomic E-state index is 0.0905. The number of hydrogen-bond acceptors (Lipinski definition) is 3. The molecule has 24 heavy (non-hydrogen) atoms. The summed E-state index contributed by atoms with van der Waals surface area (Å²) in [5.41, 5.74) is 3.96.